The van der Waals surface area contributed by atoms with Crippen LogP contribution in [0.2, 0.25) is 0 Å². The van der Waals surface area contributed by atoms with Crippen molar-refractivity contribution in [2.45, 2.75) is 6.92 Å². The predicted molar refractivity (Wildman–Crippen MR) is 95.8 cm³/mol. The lowest BCUT2D eigenvalue weighted by molar-refractivity contribution is -0.384. The van der Waals surface area contributed by atoms with Crippen LogP contribution in [0.4, 0.5) is 11.4 Å². The normalized spacial score (nSPS) is 15.8. The number of nitro groups is 1. The van der Waals surface area contributed by atoms with E-state index in [0.29, 0.717) is 22.5 Å². The first kappa shape index (κ1) is 16.1. The summed E-state index contributed by atoms with van der Waals surface area (Å²) in [5.41, 5.74) is 2.44. The number of benzene rings is 2. The molecule has 0 saturated heterocycles. The molecule has 0 bridgehead atoms. The number of anilines is 1. The van der Waals surface area contributed by atoms with Crippen molar-refractivity contribution in [1.29, 1.82) is 0 Å². The van der Waals surface area contributed by atoms with Crippen LogP contribution in [0.5, 0.6) is 0 Å². The molecule has 1 aliphatic heterocycles. The van der Waals surface area contributed by atoms with E-state index in [0.717, 1.165) is 4.47 Å². The number of hydrogen-bond acceptors (Lipinski definition) is 4. The Hall–Kier alpha value is -2.80. The Bertz CT molecular complexity index is 888. The molecule has 2 aromatic carbocycles. The zero-order chi connectivity index (χ0) is 17.3. The third-order valence-corrected chi connectivity index (χ3v) is 4.02. The molecule has 0 saturated carbocycles. The van der Waals surface area contributed by atoms with Crippen LogP contribution in [-0.2, 0) is 4.79 Å². The van der Waals surface area contributed by atoms with Gasteiger partial charge in [0.25, 0.3) is 11.6 Å². The van der Waals surface area contributed by atoms with Crippen molar-refractivity contribution in [2.24, 2.45) is 5.10 Å². The first-order valence-electron chi connectivity index (χ1n) is 7.07. The van der Waals surface area contributed by atoms with E-state index >= 15 is 0 Å². The SMILES string of the molecule is CC1=NN(c2cccc(Br)c2)C(=O)/C1=C\c1ccc([N+](=O)[O-])cc1. The number of nitro benzene ring substituents is 1. The van der Waals surface area contributed by atoms with Gasteiger partial charge in [0.1, 0.15) is 0 Å². The Balaban J connectivity index is 1.91. The average molecular weight is 386 g/mol. The monoisotopic (exact) mass is 385 g/mol. The summed E-state index contributed by atoms with van der Waals surface area (Å²) in [5.74, 6) is -0.232. The molecule has 0 aromatic heterocycles. The van der Waals surface area contributed by atoms with E-state index in [-0.39, 0.29) is 11.6 Å². The van der Waals surface area contributed by atoms with Crippen LogP contribution in [0.1, 0.15) is 12.5 Å². The number of hydrazone groups is 1. The molecule has 0 aliphatic carbocycles. The average Bonchev–Trinajstić information content (AvgIpc) is 2.83. The summed E-state index contributed by atoms with van der Waals surface area (Å²) in [4.78, 5) is 22.9. The number of amides is 1. The second kappa shape index (κ2) is 6.37. The highest BCUT2D eigenvalue weighted by atomic mass is 79.9. The minimum absolute atomic E-state index is 0.0102. The molecule has 120 valence electrons. The zero-order valence-electron chi connectivity index (χ0n) is 12.6. The molecule has 0 spiro atoms. The molecule has 24 heavy (non-hydrogen) atoms. The van der Waals surface area contributed by atoms with Crippen molar-refractivity contribution in [2.75, 3.05) is 5.01 Å². The van der Waals surface area contributed by atoms with Gasteiger partial charge >= 0.3 is 0 Å². The second-order valence-corrected chi connectivity index (χ2v) is 6.10. The smallest absolute Gasteiger partial charge is 0.267 e. The van der Waals surface area contributed by atoms with Gasteiger partial charge in [-0.25, -0.2) is 0 Å². The van der Waals surface area contributed by atoms with Crippen molar-refractivity contribution in [3.63, 3.8) is 0 Å². The Kier molecular flexibility index (Phi) is 4.26. The highest BCUT2D eigenvalue weighted by Crippen LogP contribution is 2.27. The van der Waals surface area contributed by atoms with E-state index in [9.17, 15) is 14.9 Å². The lowest BCUT2D eigenvalue weighted by atomic mass is 10.1. The number of hydrogen-bond donors (Lipinski definition) is 0. The van der Waals surface area contributed by atoms with Crippen LogP contribution in [0.25, 0.3) is 6.08 Å². The van der Waals surface area contributed by atoms with Gasteiger partial charge in [-0.2, -0.15) is 10.1 Å². The molecule has 1 aliphatic rings. The van der Waals surface area contributed by atoms with Crippen molar-refractivity contribution < 1.29 is 9.72 Å². The summed E-state index contributed by atoms with van der Waals surface area (Å²) in [6.07, 6.45) is 1.68. The van der Waals surface area contributed by atoms with Gasteiger partial charge in [-0.15, -0.1) is 0 Å². The highest BCUT2D eigenvalue weighted by Gasteiger charge is 2.28. The summed E-state index contributed by atoms with van der Waals surface area (Å²) in [6.45, 7) is 1.76. The Morgan fingerprint density at radius 3 is 2.54 bits per heavy atom. The Morgan fingerprint density at radius 2 is 1.92 bits per heavy atom. The molecule has 1 heterocycles. The largest absolute Gasteiger partial charge is 0.280 e. The maximum atomic E-state index is 12.6. The molecule has 0 unspecified atom stereocenters. The molecule has 6 nitrogen and oxygen atoms in total. The van der Waals surface area contributed by atoms with E-state index in [1.54, 1.807) is 31.2 Å². The van der Waals surface area contributed by atoms with Crippen LogP contribution in [0.15, 0.2) is 63.7 Å². The van der Waals surface area contributed by atoms with Gasteiger partial charge < -0.3 is 0 Å². The third kappa shape index (κ3) is 3.11. The molecule has 1 amide bonds. The first-order chi connectivity index (χ1) is 11.5. The second-order valence-electron chi connectivity index (χ2n) is 5.19. The topological polar surface area (TPSA) is 75.8 Å². The minimum Gasteiger partial charge on any atom is -0.267 e. The number of carbonyl (C=O) groups is 1. The number of non-ortho nitro benzene ring substituents is 1. The highest BCUT2D eigenvalue weighted by molar-refractivity contribution is 9.10. The van der Waals surface area contributed by atoms with E-state index in [2.05, 4.69) is 21.0 Å². The molecular formula is C17H12BrN3O3. The number of halogens is 1. The first-order valence-corrected chi connectivity index (χ1v) is 7.87. The molecule has 0 fully saturated rings. The fourth-order valence-corrected chi connectivity index (χ4v) is 2.71. The van der Waals surface area contributed by atoms with Crippen molar-refractivity contribution >= 4 is 45.0 Å². The lowest BCUT2D eigenvalue weighted by Crippen LogP contribution is -2.21. The van der Waals surface area contributed by atoms with Crippen molar-refractivity contribution in [3.8, 4) is 0 Å². The summed E-state index contributed by atoms with van der Waals surface area (Å²) in [7, 11) is 0. The van der Waals surface area contributed by atoms with Gasteiger partial charge in [0.05, 0.1) is 21.9 Å². The van der Waals surface area contributed by atoms with E-state index in [4.69, 9.17) is 0 Å². The molecule has 3 rings (SSSR count). The summed E-state index contributed by atoms with van der Waals surface area (Å²) in [5, 5.41) is 16.3. The fourth-order valence-electron chi connectivity index (χ4n) is 2.33. The number of rotatable bonds is 3. The Labute approximate surface area is 146 Å². The van der Waals surface area contributed by atoms with Crippen LogP contribution in [0.3, 0.4) is 0 Å². The van der Waals surface area contributed by atoms with Crippen LogP contribution >= 0.6 is 15.9 Å². The van der Waals surface area contributed by atoms with Gasteiger partial charge in [-0.1, -0.05) is 22.0 Å². The zero-order valence-corrected chi connectivity index (χ0v) is 14.2. The van der Waals surface area contributed by atoms with E-state index in [1.165, 1.54) is 17.1 Å². The third-order valence-electron chi connectivity index (χ3n) is 3.53. The van der Waals surface area contributed by atoms with E-state index in [1.807, 2.05) is 18.2 Å². The fraction of sp³-hybridized carbons (Fsp3) is 0.0588. The molecule has 0 radical (unpaired) electrons. The molecular weight excluding hydrogens is 374 g/mol. The summed E-state index contributed by atoms with van der Waals surface area (Å²) in [6, 6.07) is 13.3. The van der Waals surface area contributed by atoms with Gasteiger partial charge in [0.15, 0.2) is 0 Å². The van der Waals surface area contributed by atoms with E-state index < -0.39 is 4.92 Å². The Morgan fingerprint density at radius 1 is 1.21 bits per heavy atom. The number of nitrogens with zero attached hydrogens (tertiary/aromatic N) is 3. The maximum absolute atomic E-state index is 12.6. The maximum Gasteiger partial charge on any atom is 0.280 e. The number of carbonyl (C=O) groups excluding carboxylic acids is 1. The van der Waals surface area contributed by atoms with Gasteiger partial charge in [0, 0.05) is 16.6 Å². The molecule has 0 N–H and O–H groups in total. The van der Waals surface area contributed by atoms with Crippen molar-refractivity contribution in [3.05, 3.63) is 74.3 Å². The van der Waals surface area contributed by atoms with Crippen LogP contribution in [-0.4, -0.2) is 16.5 Å². The lowest BCUT2D eigenvalue weighted by Gasteiger charge is -2.11. The van der Waals surface area contributed by atoms with Gasteiger partial charge in [-0.05, 0) is 48.9 Å². The summed E-state index contributed by atoms with van der Waals surface area (Å²) < 4.78 is 0.855. The minimum atomic E-state index is -0.459. The predicted octanol–water partition coefficient (Wildman–Crippen LogP) is 4.16. The van der Waals surface area contributed by atoms with Crippen LogP contribution < -0.4 is 5.01 Å². The van der Waals surface area contributed by atoms with Crippen LogP contribution in [0, 0.1) is 10.1 Å². The van der Waals surface area contributed by atoms with Crippen molar-refractivity contribution in [1.82, 2.24) is 0 Å². The quantitative estimate of drug-likeness (QED) is 0.452. The van der Waals surface area contributed by atoms with Gasteiger partial charge in [0.2, 0.25) is 0 Å². The standard InChI is InChI=1S/C17H12BrN3O3/c1-11-16(9-12-5-7-14(8-6-12)21(23)24)17(22)20(19-11)15-4-2-3-13(18)10-15/h2-10H,1H3/b16-9-. The summed E-state index contributed by atoms with van der Waals surface area (Å²) >= 11 is 3.38. The van der Waals surface area contributed by atoms with Gasteiger partial charge in [-0.3, -0.25) is 14.9 Å². The molecule has 7 heteroatoms. The molecule has 2 aromatic rings. The molecule has 0 atom stereocenters.